The Bertz CT molecular complexity index is 708. The number of rotatable bonds is 4. The molecule has 0 unspecified atom stereocenters. The molecule has 20 heavy (non-hydrogen) atoms. The summed E-state index contributed by atoms with van der Waals surface area (Å²) in [5.74, 6) is 0.855. The summed E-state index contributed by atoms with van der Waals surface area (Å²) in [6, 6.07) is 18.0. The molecule has 2 aromatic carbocycles. The average molecular weight is 264 g/mol. The van der Waals surface area contributed by atoms with Crippen LogP contribution in [0.3, 0.4) is 0 Å². The Labute approximate surface area is 118 Å². The number of benzene rings is 2. The quantitative estimate of drug-likeness (QED) is 0.786. The van der Waals surface area contributed by atoms with Crippen molar-refractivity contribution < 1.29 is 4.74 Å². The van der Waals surface area contributed by atoms with Crippen LogP contribution >= 0.6 is 0 Å². The van der Waals surface area contributed by atoms with E-state index in [0.29, 0.717) is 13.2 Å². The highest BCUT2D eigenvalue weighted by Crippen LogP contribution is 2.17. The van der Waals surface area contributed by atoms with Gasteiger partial charge in [-0.05, 0) is 41.5 Å². The van der Waals surface area contributed by atoms with Crippen molar-refractivity contribution in [1.29, 1.82) is 0 Å². The highest BCUT2D eigenvalue weighted by Gasteiger charge is 1.99. The summed E-state index contributed by atoms with van der Waals surface area (Å²) >= 11 is 0. The first-order valence-corrected chi connectivity index (χ1v) is 6.60. The number of pyridine rings is 1. The summed E-state index contributed by atoms with van der Waals surface area (Å²) < 4.78 is 5.78. The minimum atomic E-state index is 0.548. The highest BCUT2D eigenvalue weighted by molar-refractivity contribution is 5.78. The number of hydrogen-bond donors (Lipinski definition) is 1. The maximum Gasteiger partial charge on any atom is 0.119 e. The number of hydrogen-bond acceptors (Lipinski definition) is 3. The molecule has 1 aromatic heterocycles. The first kappa shape index (κ1) is 12.6. The zero-order valence-electron chi connectivity index (χ0n) is 11.1. The van der Waals surface area contributed by atoms with Crippen LogP contribution in [0.5, 0.6) is 5.75 Å². The Balaban J connectivity index is 1.72. The van der Waals surface area contributed by atoms with E-state index in [9.17, 15) is 0 Å². The molecule has 0 spiro atoms. The SMILES string of the molecule is NCc1ccc(OCc2ccc3ncccc3c2)cc1. The fourth-order valence-corrected chi connectivity index (χ4v) is 2.10. The molecule has 0 aliphatic carbocycles. The Morgan fingerprint density at radius 2 is 1.75 bits per heavy atom. The van der Waals surface area contributed by atoms with Crippen LogP contribution in [-0.2, 0) is 13.2 Å². The molecule has 0 radical (unpaired) electrons. The van der Waals surface area contributed by atoms with Crippen molar-refractivity contribution in [3.63, 3.8) is 0 Å². The van der Waals surface area contributed by atoms with E-state index >= 15 is 0 Å². The maximum atomic E-state index is 5.78. The van der Waals surface area contributed by atoms with Crippen molar-refractivity contribution in [3.8, 4) is 5.75 Å². The Morgan fingerprint density at radius 1 is 0.950 bits per heavy atom. The molecule has 100 valence electrons. The first-order chi connectivity index (χ1) is 9.85. The number of ether oxygens (including phenoxy) is 1. The normalized spacial score (nSPS) is 10.7. The molecule has 3 heteroatoms. The molecular formula is C17H16N2O. The van der Waals surface area contributed by atoms with Gasteiger partial charge >= 0.3 is 0 Å². The molecule has 0 fully saturated rings. The van der Waals surface area contributed by atoms with Crippen molar-refractivity contribution in [2.24, 2.45) is 5.73 Å². The second-order valence-electron chi connectivity index (χ2n) is 4.67. The summed E-state index contributed by atoms with van der Waals surface area (Å²) in [5.41, 5.74) is 8.81. The molecule has 0 saturated carbocycles. The standard InChI is InChI=1S/C17H16N2O/c18-11-13-3-6-16(7-4-13)20-12-14-5-8-17-15(10-14)2-1-9-19-17/h1-10H,11-12,18H2. The molecule has 0 aliphatic rings. The van der Waals surface area contributed by atoms with Gasteiger partial charge in [0, 0.05) is 18.1 Å². The van der Waals surface area contributed by atoms with Crippen LogP contribution in [0, 0.1) is 0 Å². The number of nitrogens with zero attached hydrogens (tertiary/aromatic N) is 1. The van der Waals surface area contributed by atoms with Gasteiger partial charge in [-0.15, -0.1) is 0 Å². The second-order valence-corrected chi connectivity index (χ2v) is 4.67. The zero-order valence-corrected chi connectivity index (χ0v) is 11.1. The van der Waals surface area contributed by atoms with Gasteiger partial charge in [0.15, 0.2) is 0 Å². The zero-order chi connectivity index (χ0) is 13.8. The maximum absolute atomic E-state index is 5.78. The van der Waals surface area contributed by atoms with Crippen LogP contribution in [0.25, 0.3) is 10.9 Å². The molecule has 0 amide bonds. The number of nitrogens with two attached hydrogens (primary N) is 1. The lowest BCUT2D eigenvalue weighted by Gasteiger charge is -2.07. The second kappa shape index (κ2) is 5.72. The van der Waals surface area contributed by atoms with Crippen LogP contribution < -0.4 is 10.5 Å². The van der Waals surface area contributed by atoms with Gasteiger partial charge in [-0.3, -0.25) is 4.98 Å². The predicted octanol–water partition coefficient (Wildman–Crippen LogP) is 3.27. The van der Waals surface area contributed by atoms with Gasteiger partial charge in [0.25, 0.3) is 0 Å². The van der Waals surface area contributed by atoms with Gasteiger partial charge in [-0.1, -0.05) is 24.3 Å². The van der Waals surface area contributed by atoms with Crippen LogP contribution in [0.4, 0.5) is 0 Å². The summed E-state index contributed by atoms with van der Waals surface area (Å²) in [4.78, 5) is 4.31. The van der Waals surface area contributed by atoms with Crippen molar-refractivity contribution in [2.75, 3.05) is 0 Å². The van der Waals surface area contributed by atoms with E-state index in [-0.39, 0.29) is 0 Å². The fraction of sp³-hybridized carbons (Fsp3) is 0.118. The van der Waals surface area contributed by atoms with E-state index in [1.54, 1.807) is 6.20 Å². The van der Waals surface area contributed by atoms with Crippen molar-refractivity contribution in [2.45, 2.75) is 13.2 Å². The molecule has 0 atom stereocenters. The lowest BCUT2D eigenvalue weighted by atomic mass is 10.1. The summed E-state index contributed by atoms with van der Waals surface area (Å²) in [7, 11) is 0. The van der Waals surface area contributed by atoms with E-state index in [1.165, 1.54) is 0 Å². The van der Waals surface area contributed by atoms with Crippen LogP contribution in [0.15, 0.2) is 60.8 Å². The average Bonchev–Trinajstić information content (AvgIpc) is 2.53. The first-order valence-electron chi connectivity index (χ1n) is 6.60. The van der Waals surface area contributed by atoms with Crippen LogP contribution in [-0.4, -0.2) is 4.98 Å². The Hall–Kier alpha value is -2.39. The lowest BCUT2D eigenvalue weighted by molar-refractivity contribution is 0.306. The van der Waals surface area contributed by atoms with Gasteiger partial charge in [-0.25, -0.2) is 0 Å². The van der Waals surface area contributed by atoms with E-state index in [4.69, 9.17) is 10.5 Å². The number of aromatic nitrogens is 1. The van der Waals surface area contributed by atoms with Gasteiger partial charge in [0.1, 0.15) is 12.4 Å². The highest BCUT2D eigenvalue weighted by atomic mass is 16.5. The van der Waals surface area contributed by atoms with Gasteiger partial charge in [0.2, 0.25) is 0 Å². The largest absolute Gasteiger partial charge is 0.489 e. The fourth-order valence-electron chi connectivity index (χ4n) is 2.10. The summed E-state index contributed by atoms with van der Waals surface area (Å²) in [6.07, 6.45) is 1.80. The molecule has 3 rings (SSSR count). The minimum absolute atomic E-state index is 0.548. The molecule has 1 heterocycles. The smallest absolute Gasteiger partial charge is 0.119 e. The lowest BCUT2D eigenvalue weighted by Crippen LogP contribution is -1.98. The van der Waals surface area contributed by atoms with Crippen molar-refractivity contribution in [3.05, 3.63) is 71.9 Å². The van der Waals surface area contributed by atoms with Crippen molar-refractivity contribution in [1.82, 2.24) is 4.98 Å². The van der Waals surface area contributed by atoms with E-state index in [2.05, 4.69) is 17.1 Å². The van der Waals surface area contributed by atoms with Crippen LogP contribution in [0.2, 0.25) is 0 Å². The minimum Gasteiger partial charge on any atom is -0.489 e. The van der Waals surface area contributed by atoms with Crippen LogP contribution in [0.1, 0.15) is 11.1 Å². The molecule has 2 N–H and O–H groups in total. The predicted molar refractivity (Wildman–Crippen MR) is 80.4 cm³/mol. The molecule has 0 aliphatic heterocycles. The number of fused-ring (bicyclic) bond motifs is 1. The summed E-state index contributed by atoms with van der Waals surface area (Å²) in [5, 5.41) is 1.13. The molecule has 0 saturated heterocycles. The Morgan fingerprint density at radius 3 is 2.55 bits per heavy atom. The summed E-state index contributed by atoms with van der Waals surface area (Å²) in [6.45, 7) is 1.10. The van der Waals surface area contributed by atoms with E-state index < -0.39 is 0 Å². The van der Waals surface area contributed by atoms with Crippen molar-refractivity contribution >= 4 is 10.9 Å². The van der Waals surface area contributed by atoms with Gasteiger partial charge in [0.05, 0.1) is 5.52 Å². The van der Waals surface area contributed by atoms with Gasteiger partial charge in [-0.2, -0.15) is 0 Å². The van der Waals surface area contributed by atoms with Gasteiger partial charge < -0.3 is 10.5 Å². The molecule has 0 bridgehead atoms. The molecular weight excluding hydrogens is 248 g/mol. The monoisotopic (exact) mass is 264 g/mol. The molecule has 3 nitrogen and oxygen atoms in total. The third-order valence-electron chi connectivity index (χ3n) is 3.23. The Kier molecular flexibility index (Phi) is 3.61. The topological polar surface area (TPSA) is 48.1 Å². The van der Waals surface area contributed by atoms with E-state index in [1.807, 2.05) is 42.5 Å². The third-order valence-corrected chi connectivity index (χ3v) is 3.23. The van der Waals surface area contributed by atoms with E-state index in [0.717, 1.165) is 27.8 Å². The third kappa shape index (κ3) is 2.78. The molecule has 3 aromatic rings.